The number of carbonyl (C=O) groups is 3. The van der Waals surface area contributed by atoms with Gasteiger partial charge < -0.3 is 10.2 Å². The van der Waals surface area contributed by atoms with Crippen LogP contribution in [0.5, 0.6) is 0 Å². The van der Waals surface area contributed by atoms with Crippen molar-refractivity contribution in [3.63, 3.8) is 0 Å². The highest BCUT2D eigenvalue weighted by Gasteiger charge is 2.35. The molecule has 0 aromatic heterocycles. The number of likely N-dealkylation sites (tertiary alicyclic amines) is 1. The number of benzene rings is 2. The fraction of sp³-hybridized carbons (Fsp3) is 0.423. The highest BCUT2D eigenvalue weighted by Crippen LogP contribution is 2.24. The van der Waals surface area contributed by atoms with Crippen LogP contribution in [-0.2, 0) is 6.42 Å². The van der Waals surface area contributed by atoms with Crippen molar-refractivity contribution in [3.8, 4) is 0 Å². The predicted molar refractivity (Wildman–Crippen MR) is 124 cm³/mol. The van der Waals surface area contributed by atoms with E-state index in [0.29, 0.717) is 36.2 Å². The second kappa shape index (κ2) is 10.1. The summed E-state index contributed by atoms with van der Waals surface area (Å²) in [5, 5.41) is 2.95. The third-order valence-corrected chi connectivity index (χ3v) is 6.38. The molecular formula is C26H31N3O3. The number of nitrogens with zero attached hydrogens (tertiary/aromatic N) is 2. The Balaban J connectivity index is 1.31. The van der Waals surface area contributed by atoms with Gasteiger partial charge in [0.2, 0.25) is 0 Å². The van der Waals surface area contributed by atoms with Crippen molar-refractivity contribution < 1.29 is 14.4 Å². The van der Waals surface area contributed by atoms with Crippen molar-refractivity contribution in [1.82, 2.24) is 15.1 Å². The minimum absolute atomic E-state index is 0.206. The van der Waals surface area contributed by atoms with Crippen molar-refractivity contribution >= 4 is 17.7 Å². The lowest BCUT2D eigenvalue weighted by atomic mass is 10.0. The smallest absolute Gasteiger partial charge is 0.261 e. The summed E-state index contributed by atoms with van der Waals surface area (Å²) in [6, 6.07) is 14.6. The van der Waals surface area contributed by atoms with Crippen LogP contribution in [0.4, 0.5) is 0 Å². The molecule has 1 atom stereocenters. The van der Waals surface area contributed by atoms with E-state index in [0.717, 1.165) is 37.5 Å². The van der Waals surface area contributed by atoms with Crippen LogP contribution in [0.3, 0.4) is 0 Å². The second-order valence-electron chi connectivity index (χ2n) is 8.92. The monoisotopic (exact) mass is 433 g/mol. The van der Waals surface area contributed by atoms with E-state index in [9.17, 15) is 14.4 Å². The van der Waals surface area contributed by atoms with E-state index in [1.54, 1.807) is 18.2 Å². The van der Waals surface area contributed by atoms with Crippen LogP contribution in [-0.4, -0.2) is 60.2 Å². The van der Waals surface area contributed by atoms with E-state index < -0.39 is 0 Å². The summed E-state index contributed by atoms with van der Waals surface area (Å²) in [6.07, 6.45) is 4.05. The maximum absolute atomic E-state index is 12.8. The van der Waals surface area contributed by atoms with E-state index in [2.05, 4.69) is 17.1 Å². The molecule has 1 fully saturated rings. The average molecular weight is 434 g/mol. The predicted octanol–water partition coefficient (Wildman–Crippen LogP) is 3.38. The van der Waals surface area contributed by atoms with Crippen molar-refractivity contribution in [2.45, 2.75) is 32.6 Å². The second-order valence-corrected chi connectivity index (χ2v) is 8.92. The summed E-state index contributed by atoms with van der Waals surface area (Å²) in [4.78, 5) is 41.9. The zero-order valence-electron chi connectivity index (χ0n) is 18.7. The fourth-order valence-electron chi connectivity index (χ4n) is 4.62. The van der Waals surface area contributed by atoms with Gasteiger partial charge in [0.1, 0.15) is 0 Å². The molecule has 168 valence electrons. The van der Waals surface area contributed by atoms with E-state index >= 15 is 0 Å². The Bertz CT molecular complexity index is 989. The number of amides is 3. The Morgan fingerprint density at radius 3 is 2.59 bits per heavy atom. The van der Waals surface area contributed by atoms with Gasteiger partial charge in [0, 0.05) is 25.2 Å². The Kier molecular flexibility index (Phi) is 7.00. The molecule has 2 heterocycles. The van der Waals surface area contributed by atoms with Crippen LogP contribution in [0.25, 0.3) is 0 Å². The number of nitrogens with one attached hydrogen (secondary N) is 1. The van der Waals surface area contributed by atoms with Crippen molar-refractivity contribution in [2.75, 3.05) is 32.7 Å². The third kappa shape index (κ3) is 5.07. The van der Waals surface area contributed by atoms with E-state index in [1.165, 1.54) is 17.7 Å². The molecule has 2 aromatic rings. The lowest BCUT2D eigenvalue weighted by molar-refractivity contribution is 0.0656. The first kappa shape index (κ1) is 22.2. The van der Waals surface area contributed by atoms with E-state index in [4.69, 9.17) is 0 Å². The summed E-state index contributed by atoms with van der Waals surface area (Å²) in [6.45, 7) is 6.47. The summed E-state index contributed by atoms with van der Waals surface area (Å²) in [5.74, 6) is -0.0708. The molecule has 1 saturated heterocycles. The van der Waals surface area contributed by atoms with Gasteiger partial charge in [-0.1, -0.05) is 37.3 Å². The zero-order valence-corrected chi connectivity index (χ0v) is 18.7. The Hall–Kier alpha value is -2.99. The highest BCUT2D eigenvalue weighted by molar-refractivity contribution is 6.22. The summed E-state index contributed by atoms with van der Waals surface area (Å²) < 4.78 is 0. The Morgan fingerprint density at radius 1 is 1.03 bits per heavy atom. The van der Waals surface area contributed by atoms with Crippen LogP contribution in [0, 0.1) is 5.92 Å². The molecule has 4 rings (SSSR count). The Labute approximate surface area is 189 Å². The van der Waals surface area contributed by atoms with Gasteiger partial charge in [-0.25, -0.2) is 0 Å². The van der Waals surface area contributed by atoms with Crippen molar-refractivity contribution in [2.24, 2.45) is 5.92 Å². The van der Waals surface area contributed by atoms with Gasteiger partial charge >= 0.3 is 0 Å². The molecule has 1 unspecified atom stereocenters. The third-order valence-electron chi connectivity index (χ3n) is 6.38. The van der Waals surface area contributed by atoms with Crippen LogP contribution >= 0.6 is 0 Å². The molecule has 32 heavy (non-hydrogen) atoms. The normalized spacial score (nSPS) is 18.7. The summed E-state index contributed by atoms with van der Waals surface area (Å²) >= 11 is 0. The molecule has 0 aliphatic carbocycles. The van der Waals surface area contributed by atoms with Crippen LogP contribution in [0.2, 0.25) is 0 Å². The minimum Gasteiger partial charge on any atom is -0.352 e. The molecule has 0 spiro atoms. The number of imide groups is 1. The number of piperidine rings is 1. The number of fused-ring (bicyclic) bond motifs is 1. The first-order valence-electron chi connectivity index (χ1n) is 11.6. The van der Waals surface area contributed by atoms with Gasteiger partial charge in [-0.2, -0.15) is 0 Å². The minimum atomic E-state index is -0.324. The maximum atomic E-state index is 12.8. The average Bonchev–Trinajstić information content (AvgIpc) is 3.05. The fourth-order valence-corrected chi connectivity index (χ4v) is 4.62. The van der Waals surface area contributed by atoms with Gasteiger partial charge in [0.25, 0.3) is 17.7 Å². The maximum Gasteiger partial charge on any atom is 0.261 e. The number of rotatable bonds is 8. The van der Waals surface area contributed by atoms with Gasteiger partial charge in [0.05, 0.1) is 11.1 Å². The Morgan fingerprint density at radius 2 is 1.81 bits per heavy atom. The van der Waals surface area contributed by atoms with Crippen molar-refractivity contribution in [3.05, 3.63) is 70.8 Å². The molecule has 2 aliphatic rings. The zero-order chi connectivity index (χ0) is 22.5. The lowest BCUT2D eigenvalue weighted by Crippen LogP contribution is -2.36. The van der Waals surface area contributed by atoms with Gasteiger partial charge in [-0.3, -0.25) is 19.3 Å². The molecule has 0 saturated carbocycles. The summed E-state index contributed by atoms with van der Waals surface area (Å²) in [7, 11) is 0. The molecule has 2 aliphatic heterocycles. The van der Waals surface area contributed by atoms with Gasteiger partial charge in [0.15, 0.2) is 0 Å². The van der Waals surface area contributed by atoms with E-state index in [-0.39, 0.29) is 17.7 Å². The SMILES string of the molecule is CC1CCCN(CCCNC(=O)c2ccc3c(c2)C(=O)N(CCc2ccccc2)C3=O)C1. The number of carbonyl (C=O) groups excluding carboxylic acids is 3. The molecule has 0 bridgehead atoms. The van der Waals surface area contributed by atoms with Crippen LogP contribution < -0.4 is 5.32 Å². The standard InChI is InChI=1S/C26H31N3O3/c1-19-7-5-14-28(18-19)15-6-13-27-24(30)21-10-11-22-23(17-21)26(32)29(25(22)31)16-12-20-8-3-2-4-9-20/h2-4,8-11,17,19H,5-7,12-16,18H2,1H3,(H,27,30). The van der Waals surface area contributed by atoms with Gasteiger partial charge in [-0.05, 0) is 68.5 Å². The largest absolute Gasteiger partial charge is 0.352 e. The molecule has 6 heteroatoms. The van der Waals surface area contributed by atoms with Crippen LogP contribution in [0.1, 0.15) is 62.8 Å². The first-order valence-corrected chi connectivity index (χ1v) is 11.6. The number of hydrogen-bond donors (Lipinski definition) is 1. The number of hydrogen-bond acceptors (Lipinski definition) is 4. The van der Waals surface area contributed by atoms with E-state index in [1.807, 2.05) is 30.3 Å². The highest BCUT2D eigenvalue weighted by atomic mass is 16.2. The van der Waals surface area contributed by atoms with Gasteiger partial charge in [-0.15, -0.1) is 0 Å². The van der Waals surface area contributed by atoms with Crippen LogP contribution in [0.15, 0.2) is 48.5 Å². The molecule has 3 amide bonds. The first-order chi connectivity index (χ1) is 15.5. The molecule has 1 N–H and O–H groups in total. The molecular weight excluding hydrogens is 402 g/mol. The topological polar surface area (TPSA) is 69.7 Å². The molecule has 6 nitrogen and oxygen atoms in total. The quantitative estimate of drug-likeness (QED) is 0.512. The van der Waals surface area contributed by atoms with Crippen molar-refractivity contribution in [1.29, 1.82) is 0 Å². The summed E-state index contributed by atoms with van der Waals surface area (Å²) in [5.41, 5.74) is 2.18. The molecule has 0 radical (unpaired) electrons. The lowest BCUT2D eigenvalue weighted by Gasteiger charge is -2.30. The molecule has 2 aromatic carbocycles.